The molecule has 1 saturated carbocycles. The van der Waals surface area contributed by atoms with Gasteiger partial charge < -0.3 is 14.4 Å². The molecule has 7 nitrogen and oxygen atoms in total. The standard InChI is InChI=1S/C20H29N5O2/c1-26-18-9-4-6-16(12-18)13-24(14-19-10-5-11-27-19)15-20-21-22-23-25(20)17-7-2-3-8-17/h4,6,9,12,17,19H,2-3,5,7-8,10-11,13-15H2,1H3/p+1/t19-/m0/s1. The van der Waals surface area contributed by atoms with Gasteiger partial charge in [-0.05, 0) is 48.2 Å². The van der Waals surface area contributed by atoms with E-state index in [9.17, 15) is 0 Å². The minimum atomic E-state index is 0.335. The van der Waals surface area contributed by atoms with Gasteiger partial charge in [-0.15, -0.1) is 5.10 Å². The van der Waals surface area contributed by atoms with Crippen molar-refractivity contribution >= 4 is 0 Å². The smallest absolute Gasteiger partial charge is 0.206 e. The van der Waals surface area contributed by atoms with Gasteiger partial charge in [-0.3, -0.25) is 0 Å². The van der Waals surface area contributed by atoms with Crippen LogP contribution in [0.2, 0.25) is 0 Å². The largest absolute Gasteiger partial charge is 0.497 e. The van der Waals surface area contributed by atoms with E-state index in [1.165, 1.54) is 36.1 Å². The summed E-state index contributed by atoms with van der Waals surface area (Å²) in [5.74, 6) is 1.90. The van der Waals surface area contributed by atoms with Crippen molar-refractivity contribution in [2.75, 3.05) is 20.3 Å². The number of nitrogens with one attached hydrogen (secondary N) is 1. The normalized spacial score (nSPS) is 21.6. The monoisotopic (exact) mass is 372 g/mol. The number of tetrazole rings is 1. The Morgan fingerprint density at radius 2 is 2.07 bits per heavy atom. The molecular weight excluding hydrogens is 342 g/mol. The maximum atomic E-state index is 5.91. The number of aromatic nitrogens is 4. The third-order valence-corrected chi connectivity index (χ3v) is 5.77. The number of nitrogens with zero attached hydrogens (tertiary/aromatic N) is 4. The van der Waals surface area contributed by atoms with Crippen LogP contribution in [0.15, 0.2) is 24.3 Å². The van der Waals surface area contributed by atoms with Crippen LogP contribution in [0.25, 0.3) is 0 Å². The van der Waals surface area contributed by atoms with Crippen LogP contribution >= 0.6 is 0 Å². The van der Waals surface area contributed by atoms with Crippen molar-refractivity contribution in [1.82, 2.24) is 20.2 Å². The number of ether oxygens (including phenoxy) is 2. The lowest BCUT2D eigenvalue weighted by atomic mass is 10.1. The molecule has 1 aromatic heterocycles. The fourth-order valence-corrected chi connectivity index (χ4v) is 4.39. The molecule has 0 amide bonds. The predicted molar refractivity (Wildman–Crippen MR) is 101 cm³/mol. The second kappa shape index (κ2) is 8.80. The first-order valence-corrected chi connectivity index (χ1v) is 10.2. The summed E-state index contributed by atoms with van der Waals surface area (Å²) in [4.78, 5) is 1.43. The molecule has 27 heavy (non-hydrogen) atoms. The first kappa shape index (κ1) is 18.4. The van der Waals surface area contributed by atoms with Crippen molar-refractivity contribution in [3.05, 3.63) is 35.7 Å². The van der Waals surface area contributed by atoms with E-state index < -0.39 is 0 Å². The second-order valence-corrected chi connectivity index (χ2v) is 7.77. The summed E-state index contributed by atoms with van der Waals surface area (Å²) in [5, 5.41) is 12.7. The van der Waals surface area contributed by atoms with Crippen molar-refractivity contribution in [3.63, 3.8) is 0 Å². The maximum Gasteiger partial charge on any atom is 0.206 e. The SMILES string of the molecule is COc1cccc(C[NH+](Cc2nnnn2C2CCCC2)C[C@@H]2CCCO2)c1. The molecule has 2 heterocycles. The molecule has 2 aromatic rings. The second-order valence-electron chi connectivity index (χ2n) is 7.77. The van der Waals surface area contributed by atoms with Gasteiger partial charge in [0.25, 0.3) is 0 Å². The zero-order valence-electron chi connectivity index (χ0n) is 16.1. The van der Waals surface area contributed by atoms with Gasteiger partial charge in [0.2, 0.25) is 5.82 Å². The summed E-state index contributed by atoms with van der Waals surface area (Å²) in [6, 6.07) is 8.80. The van der Waals surface area contributed by atoms with E-state index in [0.717, 1.165) is 50.7 Å². The average molecular weight is 372 g/mol. The molecule has 0 bridgehead atoms. The first-order valence-electron chi connectivity index (χ1n) is 10.2. The highest BCUT2D eigenvalue weighted by atomic mass is 16.5. The lowest BCUT2D eigenvalue weighted by Gasteiger charge is -2.23. The van der Waals surface area contributed by atoms with Gasteiger partial charge >= 0.3 is 0 Å². The summed E-state index contributed by atoms with van der Waals surface area (Å²) < 4.78 is 13.4. The fraction of sp³-hybridized carbons (Fsp3) is 0.650. The van der Waals surface area contributed by atoms with Crippen molar-refractivity contribution in [2.45, 2.75) is 63.8 Å². The number of hydrogen-bond acceptors (Lipinski definition) is 5. The lowest BCUT2D eigenvalue weighted by Crippen LogP contribution is -3.10. The fourth-order valence-electron chi connectivity index (χ4n) is 4.39. The zero-order chi connectivity index (χ0) is 18.5. The summed E-state index contributed by atoms with van der Waals surface area (Å²) in [7, 11) is 1.71. The van der Waals surface area contributed by atoms with Gasteiger partial charge in [0.1, 0.15) is 31.5 Å². The van der Waals surface area contributed by atoms with E-state index in [0.29, 0.717) is 12.1 Å². The molecule has 2 atom stereocenters. The van der Waals surface area contributed by atoms with Crippen LogP contribution in [-0.4, -0.2) is 46.6 Å². The van der Waals surface area contributed by atoms with Crippen molar-refractivity contribution < 1.29 is 14.4 Å². The van der Waals surface area contributed by atoms with Crippen molar-refractivity contribution in [3.8, 4) is 5.75 Å². The van der Waals surface area contributed by atoms with Crippen LogP contribution in [-0.2, 0) is 17.8 Å². The molecular formula is C20H30N5O2+. The topological polar surface area (TPSA) is 66.5 Å². The van der Waals surface area contributed by atoms with Gasteiger partial charge in [-0.1, -0.05) is 25.0 Å². The molecule has 7 heteroatoms. The minimum absolute atomic E-state index is 0.335. The Morgan fingerprint density at radius 1 is 1.19 bits per heavy atom. The van der Waals surface area contributed by atoms with Gasteiger partial charge in [-0.2, -0.15) is 0 Å². The Bertz CT molecular complexity index is 723. The zero-order valence-corrected chi connectivity index (χ0v) is 16.1. The van der Waals surface area contributed by atoms with Crippen LogP contribution in [0.3, 0.4) is 0 Å². The van der Waals surface area contributed by atoms with Gasteiger partial charge in [-0.25, -0.2) is 4.68 Å². The van der Waals surface area contributed by atoms with Crippen LogP contribution in [0.5, 0.6) is 5.75 Å². The van der Waals surface area contributed by atoms with Crippen LogP contribution < -0.4 is 9.64 Å². The molecule has 4 rings (SSSR count). The Kier molecular flexibility index (Phi) is 5.99. The molecule has 0 radical (unpaired) electrons. The maximum absolute atomic E-state index is 5.91. The summed E-state index contributed by atoms with van der Waals surface area (Å²) in [6.45, 7) is 3.60. The van der Waals surface area contributed by atoms with E-state index in [-0.39, 0.29) is 0 Å². The Morgan fingerprint density at radius 3 is 2.85 bits per heavy atom. The molecule has 0 spiro atoms. The quantitative estimate of drug-likeness (QED) is 0.762. The molecule has 146 valence electrons. The van der Waals surface area contributed by atoms with E-state index >= 15 is 0 Å². The average Bonchev–Trinajstić information content (AvgIpc) is 3.44. The molecule has 2 fully saturated rings. The van der Waals surface area contributed by atoms with Gasteiger partial charge in [0.05, 0.1) is 13.2 Å². The van der Waals surface area contributed by atoms with Crippen LogP contribution in [0.1, 0.15) is 56.0 Å². The van der Waals surface area contributed by atoms with E-state index in [4.69, 9.17) is 9.47 Å². The van der Waals surface area contributed by atoms with E-state index in [1.807, 2.05) is 6.07 Å². The highest BCUT2D eigenvalue weighted by Crippen LogP contribution is 2.28. The summed E-state index contributed by atoms with van der Waals surface area (Å²) in [5.41, 5.74) is 1.27. The van der Waals surface area contributed by atoms with Gasteiger partial charge in [0, 0.05) is 12.2 Å². The summed E-state index contributed by atoms with van der Waals surface area (Å²) in [6.07, 6.45) is 7.58. The molecule has 1 aliphatic heterocycles. The minimum Gasteiger partial charge on any atom is -0.497 e. The molecule has 1 N–H and O–H groups in total. The van der Waals surface area contributed by atoms with E-state index in [1.54, 1.807) is 7.11 Å². The molecule has 1 unspecified atom stereocenters. The number of methoxy groups -OCH3 is 1. The number of rotatable bonds is 8. The predicted octanol–water partition coefficient (Wildman–Crippen LogP) is 1.56. The summed E-state index contributed by atoms with van der Waals surface area (Å²) >= 11 is 0. The first-order chi connectivity index (χ1) is 13.3. The molecule has 1 aromatic carbocycles. The van der Waals surface area contributed by atoms with Gasteiger partial charge in [0.15, 0.2) is 0 Å². The van der Waals surface area contributed by atoms with Crippen LogP contribution in [0, 0.1) is 0 Å². The lowest BCUT2D eigenvalue weighted by molar-refractivity contribution is -0.931. The number of benzene rings is 1. The Balaban J connectivity index is 1.50. The van der Waals surface area contributed by atoms with Crippen molar-refractivity contribution in [1.29, 1.82) is 0 Å². The third-order valence-electron chi connectivity index (χ3n) is 5.77. The Hall–Kier alpha value is -1.99. The third kappa shape index (κ3) is 4.65. The Labute approximate surface area is 160 Å². The van der Waals surface area contributed by atoms with Crippen LogP contribution in [0.4, 0.5) is 0 Å². The highest BCUT2D eigenvalue weighted by molar-refractivity contribution is 5.27. The molecule has 1 saturated heterocycles. The molecule has 1 aliphatic carbocycles. The van der Waals surface area contributed by atoms with Crippen molar-refractivity contribution in [2.24, 2.45) is 0 Å². The highest BCUT2D eigenvalue weighted by Gasteiger charge is 2.27. The molecule has 2 aliphatic rings. The number of hydrogen-bond donors (Lipinski definition) is 1. The number of quaternary nitrogens is 1. The van der Waals surface area contributed by atoms with E-state index in [2.05, 4.69) is 38.4 Å².